The molecule has 0 fully saturated rings. The molecular formula is C25H48O3. The second-order valence-electron chi connectivity index (χ2n) is 8.03. The quantitative estimate of drug-likeness (QED) is 0.104. The Kier molecular flexibility index (Phi) is 23.2. The SMILES string of the molecule is C=CCCOC(=O)OCCCCCCCCCCCCCCCCCCCC. The Hall–Kier alpha value is -0.990. The fourth-order valence-corrected chi connectivity index (χ4v) is 3.43. The molecule has 0 rings (SSSR count). The summed E-state index contributed by atoms with van der Waals surface area (Å²) in [6, 6.07) is 0. The van der Waals surface area contributed by atoms with Crippen molar-refractivity contribution in [1.82, 2.24) is 0 Å². The summed E-state index contributed by atoms with van der Waals surface area (Å²) >= 11 is 0. The van der Waals surface area contributed by atoms with Crippen LogP contribution < -0.4 is 0 Å². The Labute approximate surface area is 175 Å². The molecule has 3 nitrogen and oxygen atoms in total. The van der Waals surface area contributed by atoms with Gasteiger partial charge in [-0.25, -0.2) is 4.79 Å². The van der Waals surface area contributed by atoms with E-state index >= 15 is 0 Å². The van der Waals surface area contributed by atoms with Gasteiger partial charge in [-0.05, 0) is 12.8 Å². The second-order valence-corrected chi connectivity index (χ2v) is 8.03. The molecule has 0 saturated heterocycles. The molecule has 0 amide bonds. The first-order valence-corrected chi connectivity index (χ1v) is 12.2. The van der Waals surface area contributed by atoms with Crippen LogP contribution in [0.4, 0.5) is 4.79 Å². The second kappa shape index (κ2) is 24.0. The summed E-state index contributed by atoms with van der Waals surface area (Å²) in [5, 5.41) is 0. The summed E-state index contributed by atoms with van der Waals surface area (Å²) < 4.78 is 9.91. The molecule has 0 aromatic carbocycles. The van der Waals surface area contributed by atoms with Crippen molar-refractivity contribution in [1.29, 1.82) is 0 Å². The van der Waals surface area contributed by atoms with Gasteiger partial charge in [0, 0.05) is 0 Å². The van der Waals surface area contributed by atoms with Crippen molar-refractivity contribution >= 4 is 6.16 Å². The standard InChI is InChI=1S/C25H48O3/c1-3-5-7-8-9-10-11-12-13-14-15-16-17-18-19-20-21-22-24-28-25(26)27-23-6-4-2/h4H,2-3,5-24H2,1H3. The number of carbonyl (C=O) groups excluding carboxylic acids is 1. The number of hydrogen-bond donors (Lipinski definition) is 0. The number of rotatable bonds is 22. The normalized spacial score (nSPS) is 10.8. The molecule has 3 heteroatoms. The highest BCUT2D eigenvalue weighted by Crippen LogP contribution is 2.14. The maximum Gasteiger partial charge on any atom is 0.508 e. The molecular weight excluding hydrogens is 348 g/mol. The third-order valence-corrected chi connectivity index (χ3v) is 5.26. The molecule has 0 aromatic heterocycles. The topological polar surface area (TPSA) is 35.5 Å². The van der Waals surface area contributed by atoms with Crippen LogP contribution in [0, 0.1) is 0 Å². The van der Waals surface area contributed by atoms with Gasteiger partial charge >= 0.3 is 6.16 Å². The lowest BCUT2D eigenvalue weighted by Gasteiger charge is -2.05. The van der Waals surface area contributed by atoms with Crippen molar-refractivity contribution < 1.29 is 14.3 Å². The van der Waals surface area contributed by atoms with Crippen LogP contribution >= 0.6 is 0 Å². The predicted octanol–water partition coefficient (Wildman–Crippen LogP) is 8.76. The van der Waals surface area contributed by atoms with Gasteiger partial charge in [-0.1, -0.05) is 122 Å². The molecule has 0 aliphatic carbocycles. The van der Waals surface area contributed by atoms with Crippen LogP contribution in [0.2, 0.25) is 0 Å². The molecule has 0 aliphatic rings. The minimum atomic E-state index is -0.547. The van der Waals surface area contributed by atoms with E-state index in [0.29, 0.717) is 19.6 Å². The fraction of sp³-hybridized carbons (Fsp3) is 0.880. The highest BCUT2D eigenvalue weighted by Gasteiger charge is 2.02. The van der Waals surface area contributed by atoms with Crippen LogP contribution in [0.25, 0.3) is 0 Å². The van der Waals surface area contributed by atoms with E-state index in [1.54, 1.807) is 6.08 Å². The largest absolute Gasteiger partial charge is 0.508 e. The molecule has 0 atom stereocenters. The highest BCUT2D eigenvalue weighted by atomic mass is 16.7. The zero-order valence-corrected chi connectivity index (χ0v) is 18.9. The molecule has 0 radical (unpaired) electrons. The molecule has 0 bridgehead atoms. The van der Waals surface area contributed by atoms with Gasteiger partial charge in [0.05, 0.1) is 13.2 Å². The van der Waals surface area contributed by atoms with Gasteiger partial charge in [-0.15, -0.1) is 6.58 Å². The van der Waals surface area contributed by atoms with E-state index < -0.39 is 6.16 Å². The first-order chi connectivity index (χ1) is 13.8. The third kappa shape index (κ3) is 23.0. The zero-order chi connectivity index (χ0) is 20.5. The van der Waals surface area contributed by atoms with Crippen LogP contribution in [0.3, 0.4) is 0 Å². The zero-order valence-electron chi connectivity index (χ0n) is 18.9. The van der Waals surface area contributed by atoms with E-state index in [4.69, 9.17) is 9.47 Å². The number of hydrogen-bond acceptors (Lipinski definition) is 3. The van der Waals surface area contributed by atoms with E-state index in [2.05, 4.69) is 13.5 Å². The summed E-state index contributed by atoms with van der Waals surface area (Å²) in [5.41, 5.74) is 0. The first kappa shape index (κ1) is 27.0. The van der Waals surface area contributed by atoms with Crippen molar-refractivity contribution in [3.63, 3.8) is 0 Å². The van der Waals surface area contributed by atoms with Crippen molar-refractivity contribution in [2.75, 3.05) is 13.2 Å². The van der Waals surface area contributed by atoms with E-state index in [0.717, 1.165) is 12.8 Å². The lowest BCUT2D eigenvalue weighted by atomic mass is 10.0. The van der Waals surface area contributed by atoms with Crippen LogP contribution in [-0.4, -0.2) is 19.4 Å². The predicted molar refractivity (Wildman–Crippen MR) is 121 cm³/mol. The van der Waals surface area contributed by atoms with Gasteiger partial charge in [0.15, 0.2) is 0 Å². The summed E-state index contributed by atoms with van der Waals surface area (Å²) in [5.74, 6) is 0. The summed E-state index contributed by atoms with van der Waals surface area (Å²) in [6.45, 7) is 6.70. The van der Waals surface area contributed by atoms with Crippen molar-refractivity contribution in [2.45, 2.75) is 129 Å². The smallest absolute Gasteiger partial charge is 0.434 e. The lowest BCUT2D eigenvalue weighted by molar-refractivity contribution is 0.0553. The number of ether oxygens (including phenoxy) is 2. The van der Waals surface area contributed by atoms with E-state index in [1.165, 1.54) is 103 Å². The fourth-order valence-electron chi connectivity index (χ4n) is 3.43. The highest BCUT2D eigenvalue weighted by molar-refractivity contribution is 5.59. The van der Waals surface area contributed by atoms with Crippen LogP contribution in [-0.2, 0) is 9.47 Å². The summed E-state index contributed by atoms with van der Waals surface area (Å²) in [7, 11) is 0. The lowest BCUT2D eigenvalue weighted by Crippen LogP contribution is -2.09. The molecule has 166 valence electrons. The molecule has 28 heavy (non-hydrogen) atoms. The van der Waals surface area contributed by atoms with Crippen molar-refractivity contribution in [2.24, 2.45) is 0 Å². The van der Waals surface area contributed by atoms with Gasteiger partial charge in [0.2, 0.25) is 0 Å². The maximum atomic E-state index is 11.2. The van der Waals surface area contributed by atoms with E-state index in [1.807, 2.05) is 0 Å². The molecule has 0 unspecified atom stereocenters. The monoisotopic (exact) mass is 396 g/mol. The van der Waals surface area contributed by atoms with Crippen molar-refractivity contribution in [3.8, 4) is 0 Å². The van der Waals surface area contributed by atoms with Crippen LogP contribution in [0.5, 0.6) is 0 Å². The Morgan fingerprint density at radius 1 is 0.607 bits per heavy atom. The third-order valence-electron chi connectivity index (χ3n) is 5.26. The molecule has 0 aromatic rings. The average Bonchev–Trinajstić information content (AvgIpc) is 2.70. The van der Waals surface area contributed by atoms with Gasteiger partial charge in [0.25, 0.3) is 0 Å². The van der Waals surface area contributed by atoms with Gasteiger partial charge in [-0.2, -0.15) is 0 Å². The first-order valence-electron chi connectivity index (χ1n) is 12.2. The summed E-state index contributed by atoms with van der Waals surface area (Å²) in [4.78, 5) is 11.2. The average molecular weight is 397 g/mol. The van der Waals surface area contributed by atoms with Crippen LogP contribution in [0.15, 0.2) is 12.7 Å². The molecule has 0 aliphatic heterocycles. The maximum absolute atomic E-state index is 11.2. The minimum Gasteiger partial charge on any atom is -0.434 e. The Morgan fingerprint density at radius 3 is 1.36 bits per heavy atom. The van der Waals surface area contributed by atoms with Gasteiger partial charge in [0.1, 0.15) is 0 Å². The summed E-state index contributed by atoms with van der Waals surface area (Å²) in [6.07, 6.45) is 26.3. The van der Waals surface area contributed by atoms with Crippen LogP contribution in [0.1, 0.15) is 129 Å². The molecule has 0 spiro atoms. The Bertz CT molecular complexity index is 328. The van der Waals surface area contributed by atoms with Gasteiger partial charge in [-0.3, -0.25) is 0 Å². The number of carbonyl (C=O) groups is 1. The van der Waals surface area contributed by atoms with Crippen molar-refractivity contribution in [3.05, 3.63) is 12.7 Å². The Morgan fingerprint density at radius 2 is 0.964 bits per heavy atom. The Balaban J connectivity index is 3.06. The number of unbranched alkanes of at least 4 members (excludes halogenated alkanes) is 17. The van der Waals surface area contributed by atoms with E-state index in [9.17, 15) is 4.79 Å². The molecule has 0 N–H and O–H groups in total. The molecule has 0 heterocycles. The van der Waals surface area contributed by atoms with Gasteiger partial charge < -0.3 is 9.47 Å². The minimum absolute atomic E-state index is 0.363. The van der Waals surface area contributed by atoms with E-state index in [-0.39, 0.29) is 0 Å². The molecule has 0 saturated carbocycles.